The fourth-order valence-electron chi connectivity index (χ4n) is 4.01. The van der Waals surface area contributed by atoms with Crippen molar-refractivity contribution >= 4 is 23.2 Å². The number of likely N-dealkylation sites (tertiary alicyclic amines) is 1. The molecule has 3 aromatic rings. The Labute approximate surface area is 193 Å². The Balaban J connectivity index is 1.24. The molecule has 2 amide bonds. The molecule has 2 heterocycles. The third-order valence-corrected chi connectivity index (χ3v) is 6.81. The average Bonchev–Trinajstić information content (AvgIpc) is 3.29. The average molecular weight is 448 g/mol. The largest absolute Gasteiger partial charge is 0.355 e. The van der Waals surface area contributed by atoms with E-state index in [-0.39, 0.29) is 17.7 Å². The molecule has 0 aliphatic carbocycles. The molecule has 0 unspecified atom stereocenters. The number of hydrogen-bond acceptors (Lipinski definition) is 4. The lowest BCUT2D eigenvalue weighted by Crippen LogP contribution is -2.46. The van der Waals surface area contributed by atoms with Gasteiger partial charge in [-0.1, -0.05) is 60.2 Å². The van der Waals surface area contributed by atoms with E-state index in [9.17, 15) is 9.59 Å². The second-order valence-corrected chi connectivity index (χ2v) is 9.25. The van der Waals surface area contributed by atoms with Crippen LogP contribution in [-0.2, 0) is 22.4 Å². The van der Waals surface area contributed by atoms with E-state index in [1.54, 1.807) is 11.3 Å². The van der Waals surface area contributed by atoms with Gasteiger partial charge in [0.05, 0.1) is 18.0 Å². The number of rotatable bonds is 7. The third-order valence-electron chi connectivity index (χ3n) is 5.87. The third kappa shape index (κ3) is 5.82. The molecule has 0 spiro atoms. The van der Waals surface area contributed by atoms with Gasteiger partial charge in [0, 0.05) is 37.0 Å². The van der Waals surface area contributed by atoms with Crippen LogP contribution in [0.1, 0.15) is 29.7 Å². The van der Waals surface area contributed by atoms with Gasteiger partial charge in [0.25, 0.3) is 0 Å². The minimum Gasteiger partial charge on any atom is -0.355 e. The second-order valence-electron chi connectivity index (χ2n) is 8.39. The first-order valence-electron chi connectivity index (χ1n) is 11.2. The Morgan fingerprint density at radius 2 is 1.91 bits per heavy atom. The first-order valence-corrected chi connectivity index (χ1v) is 12.1. The van der Waals surface area contributed by atoms with Gasteiger partial charge in [-0.25, -0.2) is 4.98 Å². The highest BCUT2D eigenvalue weighted by Gasteiger charge is 2.28. The van der Waals surface area contributed by atoms with Gasteiger partial charge in [-0.3, -0.25) is 9.59 Å². The van der Waals surface area contributed by atoms with Crippen LogP contribution in [0, 0.1) is 12.8 Å². The van der Waals surface area contributed by atoms with Gasteiger partial charge in [0.1, 0.15) is 5.01 Å². The summed E-state index contributed by atoms with van der Waals surface area (Å²) >= 11 is 1.63. The van der Waals surface area contributed by atoms with Crippen molar-refractivity contribution in [3.8, 4) is 10.6 Å². The fourth-order valence-corrected chi connectivity index (χ4v) is 4.87. The van der Waals surface area contributed by atoms with E-state index in [4.69, 9.17) is 4.98 Å². The summed E-state index contributed by atoms with van der Waals surface area (Å²) < 4.78 is 0. The molecule has 0 saturated carbocycles. The molecule has 1 N–H and O–H groups in total. The second kappa shape index (κ2) is 10.6. The normalized spacial score (nSPS) is 16.0. The quantitative estimate of drug-likeness (QED) is 0.589. The maximum Gasteiger partial charge on any atom is 0.227 e. The van der Waals surface area contributed by atoms with Crippen molar-refractivity contribution in [2.45, 2.75) is 32.6 Å². The number of nitrogens with zero attached hydrogens (tertiary/aromatic N) is 2. The number of hydrogen-bond donors (Lipinski definition) is 1. The lowest BCUT2D eigenvalue weighted by Gasteiger charge is -2.32. The molecule has 32 heavy (non-hydrogen) atoms. The van der Waals surface area contributed by atoms with Crippen LogP contribution in [0.5, 0.6) is 0 Å². The van der Waals surface area contributed by atoms with Gasteiger partial charge < -0.3 is 10.2 Å². The topological polar surface area (TPSA) is 62.3 Å². The molecule has 5 nitrogen and oxygen atoms in total. The lowest BCUT2D eigenvalue weighted by molar-refractivity contribution is -0.135. The van der Waals surface area contributed by atoms with Crippen LogP contribution in [0.2, 0.25) is 0 Å². The van der Waals surface area contributed by atoms with Gasteiger partial charge in [0.2, 0.25) is 11.8 Å². The molecule has 0 radical (unpaired) electrons. The van der Waals surface area contributed by atoms with Gasteiger partial charge in [-0.15, -0.1) is 11.3 Å². The van der Waals surface area contributed by atoms with E-state index in [2.05, 4.69) is 41.9 Å². The highest BCUT2D eigenvalue weighted by molar-refractivity contribution is 7.13. The van der Waals surface area contributed by atoms with Crippen molar-refractivity contribution in [3.63, 3.8) is 0 Å². The number of aryl methyl sites for hydroxylation is 1. The lowest BCUT2D eigenvalue weighted by atomic mass is 9.96. The highest BCUT2D eigenvalue weighted by Crippen LogP contribution is 2.24. The Bertz CT molecular complexity index is 1050. The Morgan fingerprint density at radius 1 is 1.12 bits per heavy atom. The molecule has 0 bridgehead atoms. The molecule has 1 fully saturated rings. The number of thiazole rings is 1. The first kappa shape index (κ1) is 22.2. The van der Waals surface area contributed by atoms with Crippen LogP contribution in [-0.4, -0.2) is 41.3 Å². The Kier molecular flexibility index (Phi) is 7.32. The predicted molar refractivity (Wildman–Crippen MR) is 128 cm³/mol. The summed E-state index contributed by atoms with van der Waals surface area (Å²) in [4.78, 5) is 31.9. The summed E-state index contributed by atoms with van der Waals surface area (Å²) in [5.41, 5.74) is 4.36. The zero-order valence-corrected chi connectivity index (χ0v) is 19.2. The van der Waals surface area contributed by atoms with Crippen molar-refractivity contribution in [1.82, 2.24) is 15.2 Å². The van der Waals surface area contributed by atoms with Crippen LogP contribution < -0.4 is 5.32 Å². The monoisotopic (exact) mass is 447 g/mol. The fraction of sp³-hybridized carbons (Fsp3) is 0.346. The Morgan fingerprint density at radius 3 is 2.69 bits per heavy atom. The summed E-state index contributed by atoms with van der Waals surface area (Å²) in [7, 11) is 0. The van der Waals surface area contributed by atoms with Crippen molar-refractivity contribution in [2.75, 3.05) is 19.6 Å². The van der Waals surface area contributed by atoms with Crippen LogP contribution >= 0.6 is 11.3 Å². The number of piperidine rings is 1. The SMILES string of the molecule is Cc1ccc(-c2nc(CCNC(=O)[C@@H]3CCCN(C(=O)Cc4ccccc4)C3)cs2)cc1. The molecule has 1 aliphatic rings. The standard InChI is InChI=1S/C26H29N3O2S/c1-19-9-11-21(12-10-19)26-28-23(18-32-26)13-14-27-25(31)22-8-5-15-29(17-22)24(30)16-20-6-3-2-4-7-20/h2-4,6-7,9-12,18,22H,5,8,13-17H2,1H3,(H,27,31)/t22-/m1/s1. The number of benzene rings is 2. The summed E-state index contributed by atoms with van der Waals surface area (Å²) in [6.45, 7) is 3.87. The molecular weight excluding hydrogens is 418 g/mol. The van der Waals surface area contributed by atoms with E-state index in [0.29, 0.717) is 25.9 Å². The van der Waals surface area contributed by atoms with Crippen LogP contribution in [0.15, 0.2) is 60.0 Å². The minimum atomic E-state index is -0.137. The van der Waals surface area contributed by atoms with Gasteiger partial charge in [-0.2, -0.15) is 0 Å². The van der Waals surface area contributed by atoms with Gasteiger partial charge in [-0.05, 0) is 25.3 Å². The Hall–Kier alpha value is -2.99. The molecule has 1 saturated heterocycles. The zero-order chi connectivity index (χ0) is 22.3. The molecule has 1 aromatic heterocycles. The van der Waals surface area contributed by atoms with Crippen LogP contribution in [0.25, 0.3) is 10.6 Å². The molecule has 1 atom stereocenters. The predicted octanol–water partition coefficient (Wildman–Crippen LogP) is 4.26. The number of nitrogens with one attached hydrogen (secondary N) is 1. The smallest absolute Gasteiger partial charge is 0.227 e. The maximum absolute atomic E-state index is 12.7. The van der Waals surface area contributed by atoms with Gasteiger partial charge in [0.15, 0.2) is 0 Å². The van der Waals surface area contributed by atoms with Gasteiger partial charge >= 0.3 is 0 Å². The highest BCUT2D eigenvalue weighted by atomic mass is 32.1. The van der Waals surface area contributed by atoms with E-state index >= 15 is 0 Å². The molecule has 4 rings (SSSR count). The zero-order valence-electron chi connectivity index (χ0n) is 18.4. The van der Waals surface area contributed by atoms with Crippen molar-refractivity contribution in [3.05, 3.63) is 76.8 Å². The summed E-state index contributed by atoms with van der Waals surface area (Å²) in [6, 6.07) is 18.1. The summed E-state index contributed by atoms with van der Waals surface area (Å²) in [5.74, 6) is -0.00182. The number of carbonyl (C=O) groups excluding carboxylic acids is 2. The van der Waals surface area contributed by atoms with Crippen molar-refractivity contribution in [1.29, 1.82) is 0 Å². The molecule has 166 valence electrons. The molecule has 6 heteroatoms. The minimum absolute atomic E-state index is 0.0381. The van der Waals surface area contributed by atoms with Crippen LogP contribution in [0.4, 0.5) is 0 Å². The first-order chi connectivity index (χ1) is 15.6. The molecular formula is C26H29N3O2S. The van der Waals surface area contributed by atoms with E-state index in [0.717, 1.165) is 41.2 Å². The van der Waals surface area contributed by atoms with E-state index in [1.807, 2.05) is 35.2 Å². The van der Waals surface area contributed by atoms with Crippen molar-refractivity contribution < 1.29 is 9.59 Å². The number of carbonyl (C=O) groups is 2. The van der Waals surface area contributed by atoms with E-state index < -0.39 is 0 Å². The summed E-state index contributed by atoms with van der Waals surface area (Å²) in [6.07, 6.45) is 2.79. The summed E-state index contributed by atoms with van der Waals surface area (Å²) in [5, 5.41) is 6.12. The number of amides is 2. The molecule has 2 aromatic carbocycles. The maximum atomic E-state index is 12.7. The van der Waals surface area contributed by atoms with Crippen molar-refractivity contribution in [2.24, 2.45) is 5.92 Å². The van der Waals surface area contributed by atoms with Crippen LogP contribution in [0.3, 0.4) is 0 Å². The van der Waals surface area contributed by atoms with E-state index in [1.165, 1.54) is 5.56 Å². The molecule has 1 aliphatic heterocycles. The number of aromatic nitrogens is 1.